The molecule has 2 heterocycles. The van der Waals surface area contributed by atoms with Gasteiger partial charge in [0.05, 0.1) is 25.7 Å². The Morgan fingerprint density at radius 2 is 1.67 bits per heavy atom. The molecule has 0 aromatic heterocycles. The van der Waals surface area contributed by atoms with E-state index < -0.39 is 0 Å². The average molecular weight is 168 g/mol. The second-order valence-corrected chi connectivity index (χ2v) is 5.08. The fourth-order valence-electron chi connectivity index (χ4n) is 3.25. The molecule has 0 aromatic rings. The van der Waals surface area contributed by atoms with Crippen LogP contribution in [0.4, 0.5) is 0 Å². The topological polar surface area (TPSA) is 0 Å². The molecule has 0 N–H and O–H groups in total. The molecule has 12 heavy (non-hydrogen) atoms. The Labute approximate surface area is 76.3 Å². The largest absolute Gasteiger partial charge is 0.321 e. The zero-order valence-corrected chi connectivity index (χ0v) is 8.55. The smallest absolute Gasteiger partial charge is 0.0864 e. The van der Waals surface area contributed by atoms with Crippen molar-refractivity contribution in [1.82, 2.24) is 0 Å². The van der Waals surface area contributed by atoms with Gasteiger partial charge < -0.3 is 4.48 Å². The van der Waals surface area contributed by atoms with Gasteiger partial charge in [-0.1, -0.05) is 6.92 Å². The Morgan fingerprint density at radius 3 is 2.25 bits per heavy atom. The summed E-state index contributed by atoms with van der Waals surface area (Å²) in [5.74, 6) is 0.990. The fraction of sp³-hybridized carbons (Fsp3) is 1.00. The highest BCUT2D eigenvalue weighted by Crippen LogP contribution is 2.33. The SMILES string of the molecule is CC1CC[N+]2(CCCC2)C(C)C1. The van der Waals surface area contributed by atoms with Crippen LogP contribution in [-0.2, 0) is 0 Å². The first-order chi connectivity index (χ1) is 5.73. The first-order valence-electron chi connectivity index (χ1n) is 5.59. The zero-order chi connectivity index (χ0) is 8.60. The van der Waals surface area contributed by atoms with Crippen molar-refractivity contribution >= 4 is 0 Å². The van der Waals surface area contributed by atoms with Crippen molar-refractivity contribution in [2.45, 2.75) is 45.6 Å². The van der Waals surface area contributed by atoms with Crippen LogP contribution in [-0.4, -0.2) is 30.2 Å². The van der Waals surface area contributed by atoms with Gasteiger partial charge in [-0.05, 0) is 19.3 Å². The van der Waals surface area contributed by atoms with E-state index in [2.05, 4.69) is 13.8 Å². The molecule has 1 spiro atoms. The number of rotatable bonds is 0. The zero-order valence-electron chi connectivity index (χ0n) is 8.55. The maximum absolute atomic E-state index is 2.47. The second-order valence-electron chi connectivity index (χ2n) is 5.08. The van der Waals surface area contributed by atoms with Crippen LogP contribution in [0.5, 0.6) is 0 Å². The first kappa shape index (κ1) is 8.55. The second kappa shape index (κ2) is 3.02. The third-order valence-corrected chi connectivity index (χ3v) is 4.20. The molecule has 2 fully saturated rings. The third kappa shape index (κ3) is 1.28. The molecule has 0 saturated carbocycles. The molecule has 1 heteroatoms. The molecule has 0 aliphatic carbocycles. The summed E-state index contributed by atoms with van der Waals surface area (Å²) in [6.07, 6.45) is 5.92. The summed E-state index contributed by atoms with van der Waals surface area (Å²) in [5, 5.41) is 0. The Hall–Kier alpha value is -0.0400. The van der Waals surface area contributed by atoms with E-state index in [-0.39, 0.29) is 0 Å². The van der Waals surface area contributed by atoms with Gasteiger partial charge in [-0.2, -0.15) is 0 Å². The highest BCUT2D eigenvalue weighted by atomic mass is 15.4. The van der Waals surface area contributed by atoms with Gasteiger partial charge in [-0.15, -0.1) is 0 Å². The van der Waals surface area contributed by atoms with Crippen LogP contribution in [0.3, 0.4) is 0 Å². The maximum Gasteiger partial charge on any atom is 0.0864 e. The van der Waals surface area contributed by atoms with E-state index in [0.717, 1.165) is 12.0 Å². The van der Waals surface area contributed by atoms with Gasteiger partial charge in [-0.25, -0.2) is 0 Å². The molecule has 2 aliphatic heterocycles. The van der Waals surface area contributed by atoms with Gasteiger partial charge in [0.1, 0.15) is 0 Å². The third-order valence-electron chi connectivity index (χ3n) is 4.20. The fourth-order valence-corrected chi connectivity index (χ4v) is 3.25. The summed E-state index contributed by atoms with van der Waals surface area (Å²) in [5.41, 5.74) is 0. The van der Waals surface area contributed by atoms with Crippen molar-refractivity contribution in [3.63, 3.8) is 0 Å². The van der Waals surface area contributed by atoms with Gasteiger partial charge in [0.2, 0.25) is 0 Å². The van der Waals surface area contributed by atoms with Crippen molar-refractivity contribution < 1.29 is 4.48 Å². The van der Waals surface area contributed by atoms with Crippen molar-refractivity contribution in [3.05, 3.63) is 0 Å². The molecule has 0 amide bonds. The van der Waals surface area contributed by atoms with Crippen LogP contribution in [0, 0.1) is 5.92 Å². The van der Waals surface area contributed by atoms with Gasteiger partial charge in [0.15, 0.2) is 0 Å². The molecule has 2 rings (SSSR count). The van der Waals surface area contributed by atoms with Crippen LogP contribution in [0.15, 0.2) is 0 Å². The molecule has 0 bridgehead atoms. The van der Waals surface area contributed by atoms with Crippen molar-refractivity contribution in [1.29, 1.82) is 0 Å². The maximum atomic E-state index is 2.47. The molecule has 2 saturated heterocycles. The predicted octanol–water partition coefficient (Wildman–Crippen LogP) is 2.42. The molecular formula is C11H22N+. The van der Waals surface area contributed by atoms with Crippen LogP contribution < -0.4 is 0 Å². The van der Waals surface area contributed by atoms with Crippen molar-refractivity contribution in [3.8, 4) is 0 Å². The highest BCUT2D eigenvalue weighted by molar-refractivity contribution is 4.70. The summed E-state index contributed by atoms with van der Waals surface area (Å²) in [7, 11) is 0. The van der Waals surface area contributed by atoms with Crippen LogP contribution in [0.25, 0.3) is 0 Å². The Bertz CT molecular complexity index is 158. The van der Waals surface area contributed by atoms with Gasteiger partial charge in [0, 0.05) is 19.3 Å². The molecular weight excluding hydrogens is 146 g/mol. The van der Waals surface area contributed by atoms with E-state index >= 15 is 0 Å². The number of hydrogen-bond donors (Lipinski definition) is 0. The molecule has 0 radical (unpaired) electrons. The number of quaternary nitrogens is 1. The summed E-state index contributed by atoms with van der Waals surface area (Å²) in [6.45, 7) is 9.33. The number of hydrogen-bond acceptors (Lipinski definition) is 0. The minimum atomic E-state index is 0.955. The quantitative estimate of drug-likeness (QED) is 0.487. The van der Waals surface area contributed by atoms with Crippen LogP contribution in [0.1, 0.15) is 39.5 Å². The summed E-state index contributed by atoms with van der Waals surface area (Å²) in [6, 6.07) is 0.955. The van der Waals surface area contributed by atoms with E-state index in [9.17, 15) is 0 Å². The summed E-state index contributed by atoms with van der Waals surface area (Å²) < 4.78 is 1.48. The van der Waals surface area contributed by atoms with E-state index in [1.54, 1.807) is 0 Å². The van der Waals surface area contributed by atoms with Gasteiger partial charge in [-0.3, -0.25) is 0 Å². The summed E-state index contributed by atoms with van der Waals surface area (Å²) >= 11 is 0. The monoisotopic (exact) mass is 168 g/mol. The standard InChI is InChI=1S/C11H22N/c1-10-5-8-12(11(2)9-10)6-3-4-7-12/h10-11H,3-9H2,1-2H3/q+1. The molecule has 1 nitrogen and oxygen atoms in total. The lowest BCUT2D eigenvalue weighted by Gasteiger charge is -2.45. The lowest BCUT2D eigenvalue weighted by Crippen LogP contribution is -2.56. The van der Waals surface area contributed by atoms with Crippen LogP contribution in [0.2, 0.25) is 0 Å². The van der Waals surface area contributed by atoms with Gasteiger partial charge in [0.25, 0.3) is 0 Å². The molecule has 0 aromatic carbocycles. The minimum Gasteiger partial charge on any atom is -0.321 e. The normalized spacial score (nSPS) is 40.5. The Morgan fingerprint density at radius 1 is 1.00 bits per heavy atom. The lowest BCUT2D eigenvalue weighted by atomic mass is 9.91. The minimum absolute atomic E-state index is 0.955. The summed E-state index contributed by atoms with van der Waals surface area (Å²) in [4.78, 5) is 0. The van der Waals surface area contributed by atoms with Crippen molar-refractivity contribution in [2.24, 2.45) is 5.92 Å². The predicted molar refractivity (Wildman–Crippen MR) is 52.0 cm³/mol. The average Bonchev–Trinajstić information content (AvgIpc) is 2.48. The van der Waals surface area contributed by atoms with E-state index in [0.29, 0.717) is 0 Å². The Kier molecular flexibility index (Phi) is 2.16. The molecule has 2 atom stereocenters. The highest BCUT2D eigenvalue weighted by Gasteiger charge is 2.40. The molecule has 70 valence electrons. The van der Waals surface area contributed by atoms with Crippen molar-refractivity contribution in [2.75, 3.05) is 19.6 Å². The van der Waals surface area contributed by atoms with E-state index in [4.69, 9.17) is 0 Å². The molecule has 2 unspecified atom stereocenters. The number of piperidine rings is 1. The van der Waals surface area contributed by atoms with Gasteiger partial charge >= 0.3 is 0 Å². The first-order valence-corrected chi connectivity index (χ1v) is 5.59. The lowest BCUT2D eigenvalue weighted by molar-refractivity contribution is -0.944. The van der Waals surface area contributed by atoms with Crippen LogP contribution >= 0.6 is 0 Å². The van der Waals surface area contributed by atoms with E-state index in [1.165, 1.54) is 49.8 Å². The number of nitrogens with zero attached hydrogens (tertiary/aromatic N) is 1. The Balaban J connectivity index is 2.05. The van der Waals surface area contributed by atoms with E-state index in [1.807, 2.05) is 0 Å². The molecule has 2 aliphatic rings.